The standard InChI is InChI=1S/C24H24Cl2N2O3/c25-19-7-10-21(22(26)16-19)18(15-24(29)30)14-17-5-8-20(9-6-17)31-13-3-12-28-23-4-1-2-11-27-23/h1-2,4-11,16,18H,3,12-15H2,(H,27,28)(H,29,30). The van der Waals surface area contributed by atoms with E-state index in [-0.39, 0.29) is 12.3 Å². The van der Waals surface area contributed by atoms with Gasteiger partial charge in [0.1, 0.15) is 11.6 Å². The molecule has 0 amide bonds. The number of nitrogens with one attached hydrogen (secondary N) is 1. The van der Waals surface area contributed by atoms with Crippen LogP contribution in [0.3, 0.4) is 0 Å². The number of ether oxygens (including phenoxy) is 1. The Hall–Kier alpha value is -2.76. The number of carboxylic acid groups (broad SMARTS) is 1. The minimum atomic E-state index is -0.865. The maximum atomic E-state index is 11.4. The predicted molar refractivity (Wildman–Crippen MR) is 124 cm³/mol. The first-order valence-corrected chi connectivity index (χ1v) is 10.8. The fraction of sp³-hybridized carbons (Fsp3) is 0.250. The molecule has 2 aromatic carbocycles. The van der Waals surface area contributed by atoms with Gasteiger partial charge < -0.3 is 15.2 Å². The van der Waals surface area contributed by atoms with Crippen LogP contribution in [-0.2, 0) is 11.2 Å². The fourth-order valence-electron chi connectivity index (χ4n) is 3.29. The highest BCUT2D eigenvalue weighted by Crippen LogP contribution is 2.32. The summed E-state index contributed by atoms with van der Waals surface area (Å²) in [5.41, 5.74) is 1.80. The number of anilines is 1. The van der Waals surface area contributed by atoms with Crippen molar-refractivity contribution in [2.75, 3.05) is 18.5 Å². The lowest BCUT2D eigenvalue weighted by atomic mass is 9.89. The smallest absolute Gasteiger partial charge is 0.303 e. The molecule has 0 aliphatic heterocycles. The van der Waals surface area contributed by atoms with Gasteiger partial charge in [-0.25, -0.2) is 4.98 Å². The lowest BCUT2D eigenvalue weighted by molar-refractivity contribution is -0.137. The van der Waals surface area contributed by atoms with E-state index in [9.17, 15) is 9.90 Å². The van der Waals surface area contributed by atoms with Crippen LogP contribution < -0.4 is 10.1 Å². The van der Waals surface area contributed by atoms with Gasteiger partial charge in [0.2, 0.25) is 0 Å². The van der Waals surface area contributed by atoms with Crippen molar-refractivity contribution in [3.05, 3.63) is 88.0 Å². The summed E-state index contributed by atoms with van der Waals surface area (Å²) in [5, 5.41) is 13.6. The van der Waals surface area contributed by atoms with Crippen LogP contribution in [0, 0.1) is 0 Å². The van der Waals surface area contributed by atoms with E-state index in [2.05, 4.69) is 10.3 Å². The number of halogens is 2. The monoisotopic (exact) mass is 458 g/mol. The van der Waals surface area contributed by atoms with Gasteiger partial charge in [0.05, 0.1) is 13.0 Å². The van der Waals surface area contributed by atoms with Crippen LogP contribution in [0.2, 0.25) is 10.0 Å². The summed E-state index contributed by atoms with van der Waals surface area (Å²) in [6.45, 7) is 1.36. The summed E-state index contributed by atoms with van der Waals surface area (Å²) in [5.74, 6) is 0.520. The van der Waals surface area contributed by atoms with Gasteiger partial charge in [0, 0.05) is 22.8 Å². The Kier molecular flexibility index (Phi) is 8.56. The molecule has 0 aliphatic rings. The van der Waals surface area contributed by atoms with Crippen molar-refractivity contribution >= 4 is 35.0 Å². The second kappa shape index (κ2) is 11.6. The Morgan fingerprint density at radius 2 is 1.90 bits per heavy atom. The molecule has 5 nitrogen and oxygen atoms in total. The third-order valence-corrected chi connectivity index (χ3v) is 5.35. The van der Waals surface area contributed by atoms with Gasteiger partial charge in [0.25, 0.3) is 0 Å². The number of aliphatic carboxylic acids is 1. The van der Waals surface area contributed by atoms with E-state index >= 15 is 0 Å². The van der Waals surface area contributed by atoms with Crippen LogP contribution in [0.1, 0.15) is 29.9 Å². The van der Waals surface area contributed by atoms with Crippen LogP contribution in [0.4, 0.5) is 5.82 Å². The summed E-state index contributed by atoms with van der Waals surface area (Å²) >= 11 is 12.3. The molecule has 0 radical (unpaired) electrons. The summed E-state index contributed by atoms with van der Waals surface area (Å²) in [7, 11) is 0. The van der Waals surface area contributed by atoms with Crippen LogP contribution in [-0.4, -0.2) is 29.2 Å². The molecule has 1 heterocycles. The minimum absolute atomic E-state index is 0.0110. The van der Waals surface area contributed by atoms with Gasteiger partial charge in [-0.05, 0) is 66.3 Å². The predicted octanol–water partition coefficient (Wildman–Crippen LogP) is 6.07. The summed E-state index contributed by atoms with van der Waals surface area (Å²) < 4.78 is 5.80. The van der Waals surface area contributed by atoms with Gasteiger partial charge in [-0.3, -0.25) is 4.79 Å². The molecule has 0 saturated heterocycles. The van der Waals surface area contributed by atoms with E-state index in [0.717, 1.165) is 35.7 Å². The molecule has 1 aromatic heterocycles. The van der Waals surface area contributed by atoms with E-state index in [1.165, 1.54) is 0 Å². The van der Waals surface area contributed by atoms with Crippen molar-refractivity contribution in [1.82, 2.24) is 4.98 Å². The molecule has 0 saturated carbocycles. The Balaban J connectivity index is 1.52. The molecule has 7 heteroatoms. The molecule has 0 fully saturated rings. The molecule has 2 N–H and O–H groups in total. The maximum absolute atomic E-state index is 11.4. The number of pyridine rings is 1. The van der Waals surface area contributed by atoms with Crippen molar-refractivity contribution in [1.29, 1.82) is 0 Å². The molecule has 0 bridgehead atoms. The van der Waals surface area contributed by atoms with Gasteiger partial charge >= 0.3 is 5.97 Å². The third-order valence-electron chi connectivity index (χ3n) is 4.79. The number of carbonyl (C=O) groups is 1. The molecular weight excluding hydrogens is 435 g/mol. The van der Waals surface area contributed by atoms with Gasteiger partial charge in [-0.15, -0.1) is 0 Å². The minimum Gasteiger partial charge on any atom is -0.494 e. The molecule has 3 aromatic rings. The number of nitrogens with zero attached hydrogens (tertiary/aromatic N) is 1. The molecule has 31 heavy (non-hydrogen) atoms. The molecule has 0 spiro atoms. The van der Waals surface area contributed by atoms with Crippen LogP contribution in [0.5, 0.6) is 5.75 Å². The van der Waals surface area contributed by atoms with Crippen molar-refractivity contribution in [3.63, 3.8) is 0 Å². The highest BCUT2D eigenvalue weighted by Gasteiger charge is 2.19. The molecule has 1 atom stereocenters. The Bertz CT molecular complexity index is 982. The average molecular weight is 459 g/mol. The number of rotatable bonds is 11. The Morgan fingerprint density at radius 1 is 1.10 bits per heavy atom. The maximum Gasteiger partial charge on any atom is 0.303 e. The zero-order chi connectivity index (χ0) is 22.1. The quantitative estimate of drug-likeness (QED) is 0.341. The SMILES string of the molecule is O=C(O)CC(Cc1ccc(OCCCNc2ccccn2)cc1)c1ccc(Cl)cc1Cl. The summed E-state index contributed by atoms with van der Waals surface area (Å²) in [4.78, 5) is 15.6. The van der Waals surface area contributed by atoms with Crippen LogP contribution in [0.25, 0.3) is 0 Å². The first-order valence-electron chi connectivity index (χ1n) is 10.0. The summed E-state index contributed by atoms with van der Waals surface area (Å²) in [6, 6.07) is 18.7. The second-order valence-corrected chi connectivity index (χ2v) is 8.00. The zero-order valence-electron chi connectivity index (χ0n) is 16.9. The van der Waals surface area contributed by atoms with E-state index in [4.69, 9.17) is 27.9 Å². The molecular formula is C24H24Cl2N2O3. The van der Waals surface area contributed by atoms with Crippen molar-refractivity contribution in [2.45, 2.75) is 25.2 Å². The van der Waals surface area contributed by atoms with E-state index in [1.54, 1.807) is 24.4 Å². The normalized spacial score (nSPS) is 11.7. The van der Waals surface area contributed by atoms with E-state index in [0.29, 0.717) is 23.1 Å². The van der Waals surface area contributed by atoms with Gasteiger partial charge in [-0.2, -0.15) is 0 Å². The van der Waals surface area contributed by atoms with Crippen molar-refractivity contribution < 1.29 is 14.6 Å². The number of aromatic nitrogens is 1. The lowest BCUT2D eigenvalue weighted by Gasteiger charge is -2.17. The average Bonchev–Trinajstić information content (AvgIpc) is 2.75. The Morgan fingerprint density at radius 3 is 2.58 bits per heavy atom. The van der Waals surface area contributed by atoms with E-state index in [1.807, 2.05) is 42.5 Å². The lowest BCUT2D eigenvalue weighted by Crippen LogP contribution is -2.10. The van der Waals surface area contributed by atoms with Crippen molar-refractivity contribution in [2.24, 2.45) is 0 Å². The second-order valence-electron chi connectivity index (χ2n) is 7.15. The number of hydrogen-bond acceptors (Lipinski definition) is 4. The molecule has 3 rings (SSSR count). The fourth-order valence-corrected chi connectivity index (χ4v) is 3.85. The Labute approximate surface area is 192 Å². The van der Waals surface area contributed by atoms with Crippen molar-refractivity contribution in [3.8, 4) is 5.75 Å². The molecule has 1 unspecified atom stereocenters. The number of benzene rings is 2. The highest BCUT2D eigenvalue weighted by atomic mass is 35.5. The number of hydrogen-bond donors (Lipinski definition) is 2. The largest absolute Gasteiger partial charge is 0.494 e. The topological polar surface area (TPSA) is 71.5 Å². The molecule has 162 valence electrons. The van der Waals surface area contributed by atoms with E-state index < -0.39 is 5.97 Å². The van der Waals surface area contributed by atoms with Crippen LogP contribution in [0.15, 0.2) is 66.9 Å². The zero-order valence-corrected chi connectivity index (χ0v) is 18.4. The number of carboxylic acids is 1. The third kappa shape index (κ3) is 7.46. The highest BCUT2D eigenvalue weighted by molar-refractivity contribution is 6.35. The summed E-state index contributed by atoms with van der Waals surface area (Å²) in [6.07, 6.45) is 3.14. The first kappa shape index (κ1) is 22.9. The molecule has 0 aliphatic carbocycles. The van der Waals surface area contributed by atoms with Gasteiger partial charge in [0.15, 0.2) is 0 Å². The first-order chi connectivity index (χ1) is 15.0. The van der Waals surface area contributed by atoms with Crippen LogP contribution >= 0.6 is 23.2 Å². The van der Waals surface area contributed by atoms with Gasteiger partial charge in [-0.1, -0.05) is 47.5 Å².